The molecule has 8 nitrogen and oxygen atoms in total. The highest BCUT2D eigenvalue weighted by Crippen LogP contribution is 2.45. The SMILES string of the molecule is CCCOc1cccc(N2C(=O)C(=O)/C(=C(/O)c3cc(OC)c(Cl)cc3OC)C2c2ccco2)c1. The monoisotopic (exact) mass is 497 g/mol. The van der Waals surface area contributed by atoms with Crippen LogP contribution in [0.1, 0.15) is 30.7 Å². The number of halogens is 1. The number of ether oxygens (including phenoxy) is 3. The topological polar surface area (TPSA) is 98.4 Å². The standard InChI is InChI=1S/C26H24ClNO7/c1-4-10-34-16-8-5-7-15(12-16)28-23(19-9-6-11-35-19)22(25(30)26(28)31)24(29)17-13-21(33-3)18(27)14-20(17)32-2/h5-9,11-14,23,29H,4,10H2,1-3H3/b24-22+. The summed E-state index contributed by atoms with van der Waals surface area (Å²) >= 11 is 6.20. The third kappa shape index (κ3) is 4.44. The predicted octanol–water partition coefficient (Wildman–Crippen LogP) is 5.37. The van der Waals surface area contributed by atoms with Crippen LogP contribution < -0.4 is 19.1 Å². The molecule has 3 aromatic rings. The molecule has 1 N–H and O–H groups in total. The summed E-state index contributed by atoms with van der Waals surface area (Å²) in [6.45, 7) is 2.49. The second kappa shape index (κ2) is 10.1. The molecule has 0 aliphatic carbocycles. The molecule has 1 saturated heterocycles. The van der Waals surface area contributed by atoms with E-state index in [4.69, 9.17) is 30.2 Å². The van der Waals surface area contributed by atoms with Crippen molar-refractivity contribution in [2.24, 2.45) is 0 Å². The number of furan rings is 1. The van der Waals surface area contributed by atoms with E-state index in [1.807, 2.05) is 6.92 Å². The van der Waals surface area contributed by atoms with Crippen molar-refractivity contribution >= 4 is 34.7 Å². The van der Waals surface area contributed by atoms with Crippen LogP contribution in [0, 0.1) is 0 Å². The fraction of sp³-hybridized carbons (Fsp3) is 0.231. The van der Waals surface area contributed by atoms with Gasteiger partial charge in [-0.1, -0.05) is 24.6 Å². The molecule has 2 heterocycles. The Morgan fingerprint density at radius 1 is 1.09 bits per heavy atom. The highest BCUT2D eigenvalue weighted by molar-refractivity contribution is 6.51. The van der Waals surface area contributed by atoms with Crippen molar-refractivity contribution in [3.8, 4) is 17.2 Å². The van der Waals surface area contributed by atoms with Gasteiger partial charge in [0.25, 0.3) is 11.7 Å². The molecule has 0 saturated carbocycles. The third-order valence-corrected chi connectivity index (χ3v) is 5.85. The molecule has 1 aromatic heterocycles. The smallest absolute Gasteiger partial charge is 0.300 e. The number of benzene rings is 2. The lowest BCUT2D eigenvalue weighted by Crippen LogP contribution is -2.29. The van der Waals surface area contributed by atoms with Crippen molar-refractivity contribution in [2.45, 2.75) is 19.4 Å². The fourth-order valence-electron chi connectivity index (χ4n) is 3.95. The van der Waals surface area contributed by atoms with Gasteiger partial charge in [0.1, 0.15) is 34.8 Å². The van der Waals surface area contributed by atoms with Crippen LogP contribution in [0.25, 0.3) is 5.76 Å². The molecule has 182 valence electrons. The molecule has 0 spiro atoms. The second-order valence-electron chi connectivity index (χ2n) is 7.72. The number of aliphatic hydroxyl groups is 1. The maximum atomic E-state index is 13.3. The van der Waals surface area contributed by atoms with Crippen molar-refractivity contribution in [2.75, 3.05) is 25.7 Å². The van der Waals surface area contributed by atoms with E-state index in [9.17, 15) is 14.7 Å². The van der Waals surface area contributed by atoms with E-state index in [2.05, 4.69) is 0 Å². The first-order chi connectivity index (χ1) is 16.9. The van der Waals surface area contributed by atoms with E-state index in [0.717, 1.165) is 6.42 Å². The van der Waals surface area contributed by atoms with E-state index in [0.29, 0.717) is 23.8 Å². The van der Waals surface area contributed by atoms with E-state index in [1.165, 1.54) is 37.5 Å². The van der Waals surface area contributed by atoms with Crippen molar-refractivity contribution in [3.63, 3.8) is 0 Å². The highest BCUT2D eigenvalue weighted by Gasteiger charge is 2.48. The van der Waals surface area contributed by atoms with E-state index < -0.39 is 23.5 Å². The molecule has 1 aliphatic rings. The Kier molecular flexibility index (Phi) is 7.02. The lowest BCUT2D eigenvalue weighted by atomic mass is 9.98. The molecule has 1 unspecified atom stereocenters. The minimum Gasteiger partial charge on any atom is -0.507 e. The number of hydrogen-bond acceptors (Lipinski definition) is 7. The summed E-state index contributed by atoms with van der Waals surface area (Å²) in [5.41, 5.74) is 0.401. The first-order valence-electron chi connectivity index (χ1n) is 10.9. The Hall–Kier alpha value is -3.91. The van der Waals surface area contributed by atoms with Gasteiger partial charge >= 0.3 is 0 Å². The molecule has 35 heavy (non-hydrogen) atoms. The van der Waals surface area contributed by atoms with Gasteiger partial charge in [-0.15, -0.1) is 0 Å². The van der Waals surface area contributed by atoms with Gasteiger partial charge in [-0.05, 0) is 36.8 Å². The molecule has 4 rings (SSSR count). The van der Waals surface area contributed by atoms with Gasteiger partial charge in [0.2, 0.25) is 0 Å². The van der Waals surface area contributed by atoms with E-state index in [-0.39, 0.29) is 27.7 Å². The number of aliphatic hydroxyl groups excluding tert-OH is 1. The Labute approximate surface area is 207 Å². The molecule has 1 aliphatic heterocycles. The number of methoxy groups -OCH3 is 2. The van der Waals surface area contributed by atoms with Gasteiger partial charge in [-0.25, -0.2) is 0 Å². The fourth-order valence-corrected chi connectivity index (χ4v) is 4.18. The lowest BCUT2D eigenvalue weighted by molar-refractivity contribution is -0.132. The quantitative estimate of drug-likeness (QED) is 0.254. The predicted molar refractivity (Wildman–Crippen MR) is 130 cm³/mol. The molecule has 2 aromatic carbocycles. The number of ketones is 1. The van der Waals surface area contributed by atoms with Crippen LogP contribution in [0.3, 0.4) is 0 Å². The summed E-state index contributed by atoms with van der Waals surface area (Å²) in [5.74, 6) is -0.831. The molecular weight excluding hydrogens is 474 g/mol. The number of amides is 1. The molecule has 9 heteroatoms. The van der Waals surface area contributed by atoms with Gasteiger partial charge in [-0.3, -0.25) is 14.5 Å². The molecule has 1 amide bonds. The van der Waals surface area contributed by atoms with Crippen LogP contribution >= 0.6 is 11.6 Å². The number of Topliss-reactive ketones (excluding diaryl/α,β-unsaturated/α-hetero) is 1. The van der Waals surface area contributed by atoms with Crippen LogP contribution in [-0.2, 0) is 9.59 Å². The first-order valence-corrected chi connectivity index (χ1v) is 11.3. The average molecular weight is 498 g/mol. The maximum Gasteiger partial charge on any atom is 0.300 e. The van der Waals surface area contributed by atoms with Crippen LogP contribution in [0.5, 0.6) is 17.2 Å². The number of anilines is 1. The number of nitrogens with zero attached hydrogens (tertiary/aromatic N) is 1. The summed E-state index contributed by atoms with van der Waals surface area (Å²) in [5, 5.41) is 11.6. The summed E-state index contributed by atoms with van der Waals surface area (Å²) in [7, 11) is 2.83. The second-order valence-corrected chi connectivity index (χ2v) is 8.12. The van der Waals surface area contributed by atoms with Gasteiger partial charge in [-0.2, -0.15) is 0 Å². The van der Waals surface area contributed by atoms with Gasteiger partial charge < -0.3 is 23.7 Å². The van der Waals surface area contributed by atoms with Crippen molar-refractivity contribution in [3.05, 3.63) is 76.7 Å². The minimum atomic E-state index is -1.03. The van der Waals surface area contributed by atoms with Gasteiger partial charge in [0.15, 0.2) is 0 Å². The number of carbonyl (C=O) groups is 2. The van der Waals surface area contributed by atoms with E-state index >= 15 is 0 Å². The van der Waals surface area contributed by atoms with Crippen LogP contribution in [0.2, 0.25) is 5.02 Å². The van der Waals surface area contributed by atoms with Crippen LogP contribution in [-0.4, -0.2) is 37.6 Å². The Balaban J connectivity index is 1.91. The Bertz CT molecular complexity index is 1280. The van der Waals surface area contributed by atoms with Gasteiger partial charge in [0.05, 0.1) is 43.2 Å². The molecular formula is C26H24ClNO7. The zero-order chi connectivity index (χ0) is 25.1. The summed E-state index contributed by atoms with van der Waals surface area (Å²) in [6.07, 6.45) is 2.25. The average Bonchev–Trinajstić information content (AvgIpc) is 3.49. The van der Waals surface area contributed by atoms with Crippen LogP contribution in [0.4, 0.5) is 5.69 Å². The zero-order valence-electron chi connectivity index (χ0n) is 19.4. The lowest BCUT2D eigenvalue weighted by Gasteiger charge is -2.24. The zero-order valence-corrected chi connectivity index (χ0v) is 20.2. The first kappa shape index (κ1) is 24.2. The molecule has 0 bridgehead atoms. The normalized spacial score (nSPS) is 17.0. The van der Waals surface area contributed by atoms with Crippen molar-refractivity contribution < 1.29 is 33.3 Å². The van der Waals surface area contributed by atoms with E-state index in [1.54, 1.807) is 36.4 Å². The summed E-state index contributed by atoms with van der Waals surface area (Å²) in [6, 6.07) is 12.0. The van der Waals surface area contributed by atoms with Gasteiger partial charge in [0, 0.05) is 17.8 Å². The largest absolute Gasteiger partial charge is 0.507 e. The molecule has 1 atom stereocenters. The van der Waals surface area contributed by atoms with Crippen LogP contribution in [0.15, 0.2) is 64.8 Å². The molecule has 1 fully saturated rings. The van der Waals surface area contributed by atoms with Crippen molar-refractivity contribution in [1.29, 1.82) is 0 Å². The number of rotatable bonds is 8. The molecule has 0 radical (unpaired) electrons. The van der Waals surface area contributed by atoms with Crippen molar-refractivity contribution in [1.82, 2.24) is 0 Å². The number of hydrogen-bond donors (Lipinski definition) is 1. The Morgan fingerprint density at radius 2 is 1.86 bits per heavy atom. The summed E-state index contributed by atoms with van der Waals surface area (Å²) < 4.78 is 21.9. The minimum absolute atomic E-state index is 0.142. The third-order valence-electron chi connectivity index (χ3n) is 5.55. The summed E-state index contributed by atoms with van der Waals surface area (Å²) in [4.78, 5) is 27.9. The Morgan fingerprint density at radius 3 is 2.51 bits per heavy atom. The highest BCUT2D eigenvalue weighted by atomic mass is 35.5. The number of carbonyl (C=O) groups excluding carboxylic acids is 2. The maximum absolute atomic E-state index is 13.3.